The van der Waals surface area contributed by atoms with Crippen molar-refractivity contribution >= 4 is 11.8 Å². The highest BCUT2D eigenvalue weighted by atomic mass is 16.3. The molecule has 0 unspecified atom stereocenters. The first-order chi connectivity index (χ1) is 15.6. The van der Waals surface area contributed by atoms with Gasteiger partial charge in [-0.15, -0.1) is 0 Å². The molecule has 0 saturated heterocycles. The monoisotopic (exact) mass is 454 g/mol. The van der Waals surface area contributed by atoms with E-state index in [4.69, 9.17) is 0 Å². The zero-order valence-corrected chi connectivity index (χ0v) is 21.0. The number of carbonyl (C=O) groups is 2. The predicted octanol–water partition coefficient (Wildman–Crippen LogP) is 5.05. The lowest BCUT2D eigenvalue weighted by Gasteiger charge is -2.32. The molecule has 0 aromatic rings. The molecule has 0 spiro atoms. The number of hydrogen-bond acceptors (Lipinski definition) is 3. The van der Waals surface area contributed by atoms with Crippen molar-refractivity contribution in [1.29, 1.82) is 0 Å². The van der Waals surface area contributed by atoms with Gasteiger partial charge in [0.25, 0.3) is 0 Å². The van der Waals surface area contributed by atoms with Crippen LogP contribution in [0, 0.1) is 5.41 Å². The molecule has 2 rings (SSSR count). The number of aliphatic hydroxyl groups excluding tert-OH is 1. The Morgan fingerprint density at radius 3 is 2.45 bits per heavy atom. The Bertz CT molecular complexity index is 852. The molecule has 2 amide bonds. The van der Waals surface area contributed by atoms with E-state index in [0.29, 0.717) is 0 Å². The highest BCUT2D eigenvalue weighted by Crippen LogP contribution is 2.40. The van der Waals surface area contributed by atoms with Crippen LogP contribution in [0.2, 0.25) is 0 Å². The van der Waals surface area contributed by atoms with E-state index < -0.39 is 12.6 Å². The third kappa shape index (κ3) is 8.81. The maximum atomic E-state index is 12.3. The lowest BCUT2D eigenvalue weighted by molar-refractivity contribution is -0.128. The van der Waals surface area contributed by atoms with Crippen LogP contribution in [0.3, 0.4) is 0 Å². The van der Waals surface area contributed by atoms with E-state index in [0.717, 1.165) is 36.8 Å². The molecule has 182 valence electrons. The first kappa shape index (κ1) is 26.8. The van der Waals surface area contributed by atoms with Crippen molar-refractivity contribution in [2.75, 3.05) is 6.61 Å². The second-order valence-electron chi connectivity index (χ2n) is 10.2. The van der Waals surface area contributed by atoms with Gasteiger partial charge in [-0.1, -0.05) is 68.2 Å². The minimum atomic E-state index is -0.930. The van der Waals surface area contributed by atoms with Crippen LogP contribution in [0.4, 0.5) is 0 Å². The van der Waals surface area contributed by atoms with Gasteiger partial charge in [0, 0.05) is 12.1 Å². The van der Waals surface area contributed by atoms with Crippen LogP contribution in [0.15, 0.2) is 58.7 Å². The van der Waals surface area contributed by atoms with E-state index in [-0.39, 0.29) is 23.3 Å². The van der Waals surface area contributed by atoms with Crippen molar-refractivity contribution in [3.8, 4) is 0 Å². The van der Waals surface area contributed by atoms with Crippen LogP contribution < -0.4 is 10.6 Å². The van der Waals surface area contributed by atoms with Gasteiger partial charge >= 0.3 is 0 Å². The summed E-state index contributed by atoms with van der Waals surface area (Å²) in [4.78, 5) is 24.6. The minimum absolute atomic E-state index is 0.150. The number of rotatable bonds is 9. The number of aliphatic hydroxyl groups is 1. The van der Waals surface area contributed by atoms with Crippen molar-refractivity contribution in [1.82, 2.24) is 10.6 Å². The van der Waals surface area contributed by atoms with E-state index in [2.05, 4.69) is 50.5 Å². The smallest absolute Gasteiger partial charge is 0.245 e. The van der Waals surface area contributed by atoms with Gasteiger partial charge in [0.05, 0.1) is 6.61 Å². The Morgan fingerprint density at radius 1 is 1.12 bits per heavy atom. The Hall–Kier alpha value is -2.40. The number of hydrogen-bond donors (Lipinski definition) is 3. The van der Waals surface area contributed by atoms with Crippen molar-refractivity contribution < 1.29 is 14.7 Å². The van der Waals surface area contributed by atoms with Gasteiger partial charge < -0.3 is 15.7 Å². The molecule has 0 aromatic carbocycles. The predicted molar refractivity (Wildman–Crippen MR) is 136 cm³/mol. The number of nitrogens with one attached hydrogen (secondary N) is 2. The summed E-state index contributed by atoms with van der Waals surface area (Å²) in [7, 11) is 0. The SMILES string of the molecule is CC(C=CC1=C(C)CCCC1(C)C)=CC=CC(C)=CC(=O)N[C@@H](CO)C(=O)NC1CCCC1. The molecule has 0 aromatic heterocycles. The van der Waals surface area contributed by atoms with E-state index >= 15 is 0 Å². The average molecular weight is 455 g/mol. The molecule has 33 heavy (non-hydrogen) atoms. The maximum absolute atomic E-state index is 12.3. The fourth-order valence-electron chi connectivity index (χ4n) is 4.67. The lowest BCUT2D eigenvalue weighted by Crippen LogP contribution is -2.50. The average Bonchev–Trinajstić information content (AvgIpc) is 3.24. The zero-order chi connectivity index (χ0) is 24.4. The molecule has 0 radical (unpaired) electrons. The molecule has 2 aliphatic carbocycles. The summed E-state index contributed by atoms with van der Waals surface area (Å²) in [6, 6.07) is -0.780. The summed E-state index contributed by atoms with van der Waals surface area (Å²) in [5.41, 5.74) is 5.04. The molecule has 0 heterocycles. The topological polar surface area (TPSA) is 78.4 Å². The van der Waals surface area contributed by atoms with Crippen LogP contribution in [0.5, 0.6) is 0 Å². The van der Waals surface area contributed by atoms with Crippen LogP contribution >= 0.6 is 0 Å². The molecule has 1 saturated carbocycles. The summed E-state index contributed by atoms with van der Waals surface area (Å²) >= 11 is 0. The third-order valence-corrected chi connectivity index (χ3v) is 6.65. The molecule has 1 atom stereocenters. The second kappa shape index (κ2) is 12.7. The molecule has 0 aliphatic heterocycles. The van der Waals surface area contributed by atoms with Gasteiger partial charge in [0.15, 0.2) is 0 Å². The third-order valence-electron chi connectivity index (χ3n) is 6.65. The van der Waals surface area contributed by atoms with Gasteiger partial charge in [0.2, 0.25) is 11.8 Å². The normalized spacial score (nSPS) is 21.2. The fraction of sp³-hybridized carbons (Fsp3) is 0.571. The summed E-state index contributed by atoms with van der Waals surface area (Å²) in [5, 5.41) is 15.0. The van der Waals surface area contributed by atoms with Crippen molar-refractivity contribution in [3.05, 3.63) is 58.7 Å². The molecule has 0 bridgehead atoms. The van der Waals surface area contributed by atoms with Crippen molar-refractivity contribution in [2.45, 2.75) is 91.6 Å². The lowest BCUT2D eigenvalue weighted by atomic mass is 9.72. The van der Waals surface area contributed by atoms with Crippen LogP contribution in [0.1, 0.15) is 79.6 Å². The number of amides is 2. The summed E-state index contributed by atoms with van der Waals surface area (Å²) < 4.78 is 0. The Morgan fingerprint density at radius 2 is 1.82 bits per heavy atom. The number of carbonyl (C=O) groups excluding carboxylic acids is 2. The Balaban J connectivity index is 1.90. The van der Waals surface area contributed by atoms with Crippen LogP contribution in [-0.4, -0.2) is 35.6 Å². The van der Waals surface area contributed by atoms with E-state index in [1.807, 2.05) is 25.2 Å². The summed E-state index contributed by atoms with van der Waals surface area (Å²) in [6.07, 6.45) is 19.4. The van der Waals surface area contributed by atoms with Crippen LogP contribution in [0.25, 0.3) is 0 Å². The van der Waals surface area contributed by atoms with Gasteiger partial charge in [-0.25, -0.2) is 0 Å². The highest BCUT2D eigenvalue weighted by molar-refractivity contribution is 5.93. The van der Waals surface area contributed by atoms with E-state index in [1.54, 1.807) is 0 Å². The summed E-state index contributed by atoms with van der Waals surface area (Å²) in [5.74, 6) is -0.712. The maximum Gasteiger partial charge on any atom is 0.245 e. The minimum Gasteiger partial charge on any atom is -0.394 e. The Labute approximate surface area is 199 Å². The van der Waals surface area contributed by atoms with E-state index in [1.165, 1.54) is 36.5 Å². The molecule has 1 fully saturated rings. The van der Waals surface area contributed by atoms with Gasteiger partial charge in [-0.2, -0.15) is 0 Å². The molecule has 2 aliphatic rings. The standard InChI is InChI=1S/C28H42N2O3/c1-20(15-16-24-22(3)12-9-17-28(24,4)5)10-8-11-21(2)18-26(32)30-25(19-31)27(33)29-23-13-6-7-14-23/h8,10-11,15-16,18,23,25,31H,6-7,9,12-14,17,19H2,1-5H3,(H,29,33)(H,30,32)/t25-/m0/s1. The highest BCUT2D eigenvalue weighted by Gasteiger charge is 2.26. The van der Waals surface area contributed by atoms with Crippen molar-refractivity contribution in [3.63, 3.8) is 0 Å². The molecular formula is C28H42N2O3. The quantitative estimate of drug-likeness (QED) is 0.337. The first-order valence-corrected chi connectivity index (χ1v) is 12.3. The van der Waals surface area contributed by atoms with Gasteiger partial charge in [0.1, 0.15) is 6.04 Å². The van der Waals surface area contributed by atoms with Crippen LogP contribution in [-0.2, 0) is 9.59 Å². The molecular weight excluding hydrogens is 412 g/mol. The van der Waals surface area contributed by atoms with E-state index in [9.17, 15) is 14.7 Å². The summed E-state index contributed by atoms with van der Waals surface area (Å²) in [6.45, 7) is 10.3. The first-order valence-electron chi connectivity index (χ1n) is 12.3. The molecule has 5 heteroatoms. The number of allylic oxidation sites excluding steroid dienone is 9. The van der Waals surface area contributed by atoms with Gasteiger partial charge in [-0.3, -0.25) is 9.59 Å². The van der Waals surface area contributed by atoms with Crippen molar-refractivity contribution in [2.24, 2.45) is 5.41 Å². The second-order valence-corrected chi connectivity index (χ2v) is 10.2. The molecule has 3 N–H and O–H groups in total. The Kier molecular flexibility index (Phi) is 10.4. The van der Waals surface area contributed by atoms with Gasteiger partial charge in [-0.05, 0) is 69.4 Å². The largest absolute Gasteiger partial charge is 0.394 e. The molecule has 5 nitrogen and oxygen atoms in total. The fourth-order valence-corrected chi connectivity index (χ4v) is 4.67. The zero-order valence-electron chi connectivity index (χ0n) is 21.0.